The van der Waals surface area contributed by atoms with E-state index < -0.39 is 5.92 Å². The van der Waals surface area contributed by atoms with Gasteiger partial charge in [-0.25, -0.2) is 0 Å². The SMILES string of the molecule is Cc1cc(C2CCN(CCN)CC2)c2c(c1)C(C=O)C(O)=C(c1ccc(O)c(Cl)c1)O2. The number of phenolic OH excluding ortho intramolecular Hbond substituents is 1. The Morgan fingerprint density at radius 1 is 1.19 bits per heavy atom. The van der Waals surface area contributed by atoms with Crippen molar-refractivity contribution >= 4 is 23.6 Å². The maximum absolute atomic E-state index is 12.0. The van der Waals surface area contributed by atoms with E-state index in [0.717, 1.165) is 49.9 Å². The van der Waals surface area contributed by atoms with E-state index in [4.69, 9.17) is 22.1 Å². The molecule has 2 aromatic carbocycles. The molecule has 31 heavy (non-hydrogen) atoms. The number of piperidine rings is 1. The number of carbonyl (C=O) groups excluding carboxylic acids is 1. The highest BCUT2D eigenvalue weighted by Crippen LogP contribution is 2.47. The lowest BCUT2D eigenvalue weighted by Crippen LogP contribution is -2.36. The van der Waals surface area contributed by atoms with Crippen molar-refractivity contribution in [2.75, 3.05) is 26.2 Å². The Labute approximate surface area is 186 Å². The van der Waals surface area contributed by atoms with Gasteiger partial charge in [-0.15, -0.1) is 0 Å². The second-order valence-electron chi connectivity index (χ2n) is 8.27. The highest BCUT2D eigenvalue weighted by Gasteiger charge is 2.34. The first-order valence-electron chi connectivity index (χ1n) is 10.5. The fourth-order valence-corrected chi connectivity index (χ4v) is 4.75. The fourth-order valence-electron chi connectivity index (χ4n) is 4.57. The number of hydrogen-bond donors (Lipinski definition) is 3. The van der Waals surface area contributed by atoms with Gasteiger partial charge < -0.3 is 30.4 Å². The zero-order valence-corrected chi connectivity index (χ0v) is 18.2. The van der Waals surface area contributed by atoms with Crippen molar-refractivity contribution in [3.8, 4) is 11.5 Å². The number of hydrogen-bond acceptors (Lipinski definition) is 6. The number of nitrogens with two attached hydrogens (primary N) is 1. The van der Waals surface area contributed by atoms with Crippen molar-refractivity contribution in [1.82, 2.24) is 4.90 Å². The smallest absolute Gasteiger partial charge is 0.173 e. The molecule has 4 N–H and O–H groups in total. The zero-order valence-electron chi connectivity index (χ0n) is 17.5. The lowest BCUT2D eigenvalue weighted by molar-refractivity contribution is -0.109. The van der Waals surface area contributed by atoms with Crippen molar-refractivity contribution in [3.63, 3.8) is 0 Å². The number of ether oxygens (including phenoxy) is 1. The number of benzene rings is 2. The molecular weight excluding hydrogens is 416 g/mol. The molecule has 2 aliphatic heterocycles. The molecule has 0 bridgehead atoms. The molecule has 2 aliphatic rings. The van der Waals surface area contributed by atoms with Gasteiger partial charge in [-0.3, -0.25) is 0 Å². The van der Waals surface area contributed by atoms with Crippen LogP contribution in [0.4, 0.5) is 0 Å². The predicted octanol–water partition coefficient (Wildman–Crippen LogP) is 4.09. The number of aldehydes is 1. The Hall–Kier alpha value is -2.54. The first-order valence-corrected chi connectivity index (χ1v) is 10.9. The van der Waals surface area contributed by atoms with Gasteiger partial charge in [0.2, 0.25) is 0 Å². The number of nitrogens with zero attached hydrogens (tertiary/aromatic N) is 1. The molecule has 1 saturated heterocycles. The van der Waals surface area contributed by atoms with Crippen LogP contribution >= 0.6 is 11.6 Å². The average molecular weight is 443 g/mol. The molecule has 1 unspecified atom stereocenters. The summed E-state index contributed by atoms with van der Waals surface area (Å²) in [6, 6.07) is 8.59. The van der Waals surface area contributed by atoms with Crippen LogP contribution in [0.1, 0.15) is 46.9 Å². The lowest BCUT2D eigenvalue weighted by Gasteiger charge is -2.34. The van der Waals surface area contributed by atoms with Crippen LogP contribution in [0.5, 0.6) is 11.5 Å². The van der Waals surface area contributed by atoms with E-state index in [-0.39, 0.29) is 22.3 Å². The molecule has 0 spiro atoms. The van der Waals surface area contributed by atoms with Crippen molar-refractivity contribution in [2.45, 2.75) is 31.6 Å². The van der Waals surface area contributed by atoms with E-state index in [1.807, 2.05) is 13.0 Å². The summed E-state index contributed by atoms with van der Waals surface area (Å²) in [5, 5.41) is 20.8. The first-order chi connectivity index (χ1) is 14.9. The summed E-state index contributed by atoms with van der Waals surface area (Å²) < 4.78 is 6.27. The Kier molecular flexibility index (Phi) is 6.23. The van der Waals surface area contributed by atoms with Crippen LogP contribution in [0.15, 0.2) is 36.1 Å². The number of aliphatic hydroxyl groups is 1. The topological polar surface area (TPSA) is 96.0 Å². The molecule has 6 nitrogen and oxygen atoms in total. The maximum Gasteiger partial charge on any atom is 0.173 e. The zero-order chi connectivity index (χ0) is 22.1. The Bertz CT molecular complexity index is 1030. The molecule has 4 rings (SSSR count). The summed E-state index contributed by atoms with van der Waals surface area (Å²) in [5.74, 6) is 0.0871. The molecule has 2 heterocycles. The van der Waals surface area contributed by atoms with Crippen molar-refractivity contribution in [3.05, 3.63) is 63.4 Å². The van der Waals surface area contributed by atoms with Crippen LogP contribution in [0.3, 0.4) is 0 Å². The Balaban J connectivity index is 1.75. The average Bonchev–Trinajstić information content (AvgIpc) is 2.76. The minimum Gasteiger partial charge on any atom is -0.507 e. The van der Waals surface area contributed by atoms with Gasteiger partial charge in [0, 0.05) is 24.2 Å². The third-order valence-corrected chi connectivity index (χ3v) is 6.48. The number of carbonyl (C=O) groups is 1. The Morgan fingerprint density at radius 3 is 2.55 bits per heavy atom. The molecule has 2 aromatic rings. The molecule has 0 saturated carbocycles. The van der Waals surface area contributed by atoms with Crippen LogP contribution in [0.25, 0.3) is 5.76 Å². The van der Waals surface area contributed by atoms with Crippen molar-refractivity contribution in [1.29, 1.82) is 0 Å². The van der Waals surface area contributed by atoms with Crippen LogP contribution in [0, 0.1) is 6.92 Å². The van der Waals surface area contributed by atoms with Crippen LogP contribution in [0.2, 0.25) is 5.02 Å². The molecule has 0 aliphatic carbocycles. The van der Waals surface area contributed by atoms with Crippen LogP contribution < -0.4 is 10.5 Å². The van der Waals surface area contributed by atoms with Gasteiger partial charge in [0.1, 0.15) is 23.7 Å². The van der Waals surface area contributed by atoms with Gasteiger partial charge in [0.05, 0.1) is 5.02 Å². The Morgan fingerprint density at radius 2 is 1.90 bits per heavy atom. The second-order valence-corrected chi connectivity index (χ2v) is 8.68. The number of aliphatic hydroxyl groups excluding tert-OH is 1. The summed E-state index contributed by atoms with van der Waals surface area (Å²) in [5.41, 5.74) is 8.97. The summed E-state index contributed by atoms with van der Waals surface area (Å²) in [4.78, 5) is 14.4. The fraction of sp³-hybridized carbons (Fsp3) is 0.375. The largest absolute Gasteiger partial charge is 0.507 e. The number of rotatable bonds is 5. The molecule has 1 fully saturated rings. The number of allylic oxidation sites excluding steroid dienone is 1. The first kappa shape index (κ1) is 21.7. The summed E-state index contributed by atoms with van der Waals surface area (Å²) in [6.07, 6.45) is 2.69. The standard InChI is InChI=1S/C24H27ClN2O4/c1-14-10-17(15-4-7-27(8-5-15)9-6-26)24-18(11-14)19(13-28)22(30)23(31-24)16-2-3-21(29)20(25)12-16/h2-3,10-13,15,19,29-30H,4-9,26H2,1H3. The third kappa shape index (κ3) is 4.15. The number of fused-ring (bicyclic) bond motifs is 1. The molecule has 164 valence electrons. The molecular formula is C24H27ClN2O4. The minimum absolute atomic E-state index is 0.0609. The number of phenols is 1. The highest BCUT2D eigenvalue weighted by atomic mass is 35.5. The van der Waals surface area contributed by atoms with E-state index in [0.29, 0.717) is 29.3 Å². The quantitative estimate of drug-likeness (QED) is 0.603. The highest BCUT2D eigenvalue weighted by molar-refractivity contribution is 6.32. The lowest BCUT2D eigenvalue weighted by atomic mass is 9.83. The van der Waals surface area contributed by atoms with E-state index in [1.54, 1.807) is 6.07 Å². The summed E-state index contributed by atoms with van der Waals surface area (Å²) in [6.45, 7) is 5.46. The van der Waals surface area contributed by atoms with E-state index in [2.05, 4.69) is 11.0 Å². The van der Waals surface area contributed by atoms with Crippen molar-refractivity contribution in [2.24, 2.45) is 5.73 Å². The number of aryl methyl sites for hydroxylation is 1. The number of aromatic hydroxyl groups is 1. The molecule has 0 amide bonds. The van der Waals surface area contributed by atoms with E-state index in [9.17, 15) is 15.0 Å². The normalized spacial score (nSPS) is 19.8. The molecule has 1 atom stereocenters. The molecule has 0 radical (unpaired) electrons. The monoisotopic (exact) mass is 442 g/mol. The predicted molar refractivity (Wildman–Crippen MR) is 121 cm³/mol. The van der Waals surface area contributed by atoms with Gasteiger partial charge in [-0.05, 0) is 62.5 Å². The number of halogens is 1. The van der Waals surface area contributed by atoms with Crippen LogP contribution in [-0.4, -0.2) is 47.6 Å². The van der Waals surface area contributed by atoms with Crippen LogP contribution in [-0.2, 0) is 4.79 Å². The second kappa shape index (κ2) is 8.91. The third-order valence-electron chi connectivity index (χ3n) is 6.18. The van der Waals surface area contributed by atoms with Gasteiger partial charge in [-0.1, -0.05) is 29.3 Å². The summed E-state index contributed by atoms with van der Waals surface area (Å²) in [7, 11) is 0. The molecule has 0 aromatic heterocycles. The van der Waals surface area contributed by atoms with Gasteiger partial charge in [-0.2, -0.15) is 0 Å². The van der Waals surface area contributed by atoms with E-state index in [1.165, 1.54) is 12.1 Å². The number of likely N-dealkylation sites (tertiary alicyclic amines) is 1. The maximum atomic E-state index is 12.0. The van der Waals surface area contributed by atoms with E-state index >= 15 is 0 Å². The van der Waals surface area contributed by atoms with Gasteiger partial charge in [0.25, 0.3) is 0 Å². The minimum atomic E-state index is -0.817. The van der Waals surface area contributed by atoms with Gasteiger partial charge >= 0.3 is 0 Å². The van der Waals surface area contributed by atoms with Crippen molar-refractivity contribution < 1.29 is 19.7 Å². The van der Waals surface area contributed by atoms with Gasteiger partial charge in [0.15, 0.2) is 11.5 Å². The summed E-state index contributed by atoms with van der Waals surface area (Å²) >= 11 is 6.07. The molecule has 7 heteroatoms.